The molecule has 2 saturated heterocycles. The molecule has 3 aromatic rings. The molecular weight excluding hydrogens is 412 g/mol. The lowest BCUT2D eigenvalue weighted by Gasteiger charge is -2.41. The number of ether oxygens (including phenoxy) is 3. The summed E-state index contributed by atoms with van der Waals surface area (Å²) in [5, 5.41) is 3.49. The topological polar surface area (TPSA) is 43.0 Å². The number of hydrogen-bond donors (Lipinski definition) is 1. The van der Waals surface area contributed by atoms with Gasteiger partial charge in [-0.15, -0.1) is 0 Å². The van der Waals surface area contributed by atoms with Gasteiger partial charge in [0.2, 0.25) is 0 Å². The van der Waals surface area contributed by atoms with Crippen LogP contribution in [0.5, 0.6) is 23.0 Å². The van der Waals surface area contributed by atoms with Gasteiger partial charge in [-0.3, -0.25) is 4.90 Å². The van der Waals surface area contributed by atoms with Crippen molar-refractivity contribution in [3.8, 4) is 23.0 Å². The van der Waals surface area contributed by atoms with Crippen LogP contribution in [-0.2, 0) is 4.74 Å². The third-order valence-electron chi connectivity index (χ3n) is 6.51. The molecule has 5 rings (SSSR count). The van der Waals surface area contributed by atoms with Gasteiger partial charge < -0.3 is 19.5 Å². The Balaban J connectivity index is 1.50. The monoisotopic (exact) mass is 444 g/mol. The van der Waals surface area contributed by atoms with E-state index in [1.165, 1.54) is 5.56 Å². The Labute approximate surface area is 196 Å². The molecule has 0 bridgehead atoms. The number of nitrogens with one attached hydrogen (secondary N) is 1. The molecule has 2 fully saturated rings. The van der Waals surface area contributed by atoms with Crippen LogP contribution < -0.4 is 14.8 Å². The van der Waals surface area contributed by atoms with E-state index in [-0.39, 0.29) is 0 Å². The molecular formula is C28H32N2O3. The molecule has 0 unspecified atom stereocenters. The van der Waals surface area contributed by atoms with Crippen LogP contribution in [0.25, 0.3) is 0 Å². The summed E-state index contributed by atoms with van der Waals surface area (Å²) in [6.45, 7) is 5.86. The van der Waals surface area contributed by atoms with Crippen LogP contribution in [0.2, 0.25) is 0 Å². The Bertz CT molecular complexity index is 982. The number of piperazine rings is 1. The molecule has 2 heterocycles. The zero-order valence-corrected chi connectivity index (χ0v) is 19.0. The standard InChI is InChI=1S/C28H32N2O3/c1-3-7-24(8-4-1)32-26-12-11-23(21-27(26)33-25-9-5-2-6-10-25)28(22-13-19-31-20-14-22)30-17-15-29-16-18-30/h1-12,21-22,28-29H,13-20H2/t28-/m1/s1. The van der Waals surface area contributed by atoms with E-state index in [9.17, 15) is 0 Å². The summed E-state index contributed by atoms with van der Waals surface area (Å²) < 4.78 is 18.3. The molecule has 0 amide bonds. The average Bonchev–Trinajstić information content (AvgIpc) is 2.88. The molecule has 5 nitrogen and oxygen atoms in total. The maximum atomic E-state index is 6.37. The largest absolute Gasteiger partial charge is 0.453 e. The Morgan fingerprint density at radius 1 is 0.758 bits per heavy atom. The number of rotatable bonds is 7. The molecule has 0 radical (unpaired) electrons. The summed E-state index contributed by atoms with van der Waals surface area (Å²) in [7, 11) is 0. The number of hydrogen-bond acceptors (Lipinski definition) is 5. The van der Waals surface area contributed by atoms with Crippen molar-refractivity contribution < 1.29 is 14.2 Å². The van der Waals surface area contributed by atoms with Gasteiger partial charge in [0.1, 0.15) is 11.5 Å². The smallest absolute Gasteiger partial charge is 0.170 e. The van der Waals surface area contributed by atoms with Crippen LogP contribution in [0.15, 0.2) is 78.9 Å². The highest BCUT2D eigenvalue weighted by Gasteiger charge is 2.32. The van der Waals surface area contributed by atoms with E-state index in [4.69, 9.17) is 14.2 Å². The lowest BCUT2D eigenvalue weighted by Crippen LogP contribution is -2.47. The van der Waals surface area contributed by atoms with E-state index in [0.717, 1.165) is 75.2 Å². The predicted molar refractivity (Wildman–Crippen MR) is 130 cm³/mol. The summed E-state index contributed by atoms with van der Waals surface area (Å²) in [5.41, 5.74) is 1.29. The van der Waals surface area contributed by atoms with Crippen LogP contribution in [-0.4, -0.2) is 44.3 Å². The zero-order chi connectivity index (χ0) is 22.3. The summed E-state index contributed by atoms with van der Waals surface area (Å²) in [6.07, 6.45) is 2.18. The first-order chi connectivity index (χ1) is 16.4. The van der Waals surface area contributed by atoms with Gasteiger partial charge >= 0.3 is 0 Å². The van der Waals surface area contributed by atoms with E-state index >= 15 is 0 Å². The molecule has 1 atom stereocenters. The molecule has 0 aliphatic carbocycles. The van der Waals surface area contributed by atoms with Crippen LogP contribution in [0.1, 0.15) is 24.4 Å². The zero-order valence-electron chi connectivity index (χ0n) is 19.0. The molecule has 172 valence electrons. The van der Waals surface area contributed by atoms with Gasteiger partial charge in [-0.2, -0.15) is 0 Å². The van der Waals surface area contributed by atoms with Gasteiger partial charge in [0.05, 0.1) is 0 Å². The molecule has 0 spiro atoms. The first kappa shape index (κ1) is 22.0. The second-order valence-corrected chi connectivity index (χ2v) is 8.72. The second kappa shape index (κ2) is 10.8. The maximum absolute atomic E-state index is 6.37. The SMILES string of the molecule is c1ccc(Oc2ccc([C@@H](C3CCOCC3)N3CCNCC3)cc2Oc2ccccc2)cc1. The molecule has 0 aromatic heterocycles. The number of para-hydroxylation sites is 2. The maximum Gasteiger partial charge on any atom is 0.170 e. The van der Waals surface area contributed by atoms with E-state index in [2.05, 4.69) is 28.4 Å². The minimum Gasteiger partial charge on any atom is -0.453 e. The molecule has 3 aromatic carbocycles. The van der Waals surface area contributed by atoms with Crippen molar-refractivity contribution in [2.45, 2.75) is 18.9 Å². The third-order valence-corrected chi connectivity index (χ3v) is 6.51. The highest BCUT2D eigenvalue weighted by atomic mass is 16.5. The van der Waals surface area contributed by atoms with Crippen molar-refractivity contribution >= 4 is 0 Å². The Hall–Kier alpha value is -2.86. The van der Waals surface area contributed by atoms with Crippen molar-refractivity contribution in [3.05, 3.63) is 84.4 Å². The van der Waals surface area contributed by atoms with Crippen LogP contribution in [0, 0.1) is 5.92 Å². The van der Waals surface area contributed by atoms with Crippen LogP contribution in [0.4, 0.5) is 0 Å². The Morgan fingerprint density at radius 2 is 1.36 bits per heavy atom. The lowest BCUT2D eigenvalue weighted by molar-refractivity contribution is 0.0212. The van der Waals surface area contributed by atoms with Gasteiger partial charge in [0.15, 0.2) is 11.5 Å². The number of nitrogens with zero attached hydrogens (tertiary/aromatic N) is 1. The van der Waals surface area contributed by atoms with Crippen molar-refractivity contribution in [1.29, 1.82) is 0 Å². The van der Waals surface area contributed by atoms with Gasteiger partial charge in [-0.05, 0) is 60.7 Å². The minimum absolute atomic E-state index is 0.347. The molecule has 1 N–H and O–H groups in total. The molecule has 5 heteroatoms. The molecule has 33 heavy (non-hydrogen) atoms. The second-order valence-electron chi connectivity index (χ2n) is 8.72. The van der Waals surface area contributed by atoms with Crippen molar-refractivity contribution in [2.75, 3.05) is 39.4 Å². The van der Waals surface area contributed by atoms with E-state index < -0.39 is 0 Å². The normalized spacial score (nSPS) is 18.5. The summed E-state index contributed by atoms with van der Waals surface area (Å²) in [6, 6.07) is 26.6. The van der Waals surface area contributed by atoms with Gasteiger partial charge in [0.25, 0.3) is 0 Å². The third kappa shape index (κ3) is 5.56. The van der Waals surface area contributed by atoms with Crippen molar-refractivity contribution in [1.82, 2.24) is 10.2 Å². The van der Waals surface area contributed by atoms with E-state index in [1.807, 2.05) is 60.7 Å². The van der Waals surface area contributed by atoms with E-state index in [0.29, 0.717) is 12.0 Å². The minimum atomic E-state index is 0.347. The highest BCUT2D eigenvalue weighted by molar-refractivity contribution is 5.48. The van der Waals surface area contributed by atoms with Crippen molar-refractivity contribution in [2.24, 2.45) is 5.92 Å². The van der Waals surface area contributed by atoms with Gasteiger partial charge in [-0.1, -0.05) is 42.5 Å². The van der Waals surface area contributed by atoms with Gasteiger partial charge in [-0.25, -0.2) is 0 Å². The molecule has 2 aliphatic rings. The summed E-state index contributed by atoms with van der Waals surface area (Å²) in [4.78, 5) is 2.63. The van der Waals surface area contributed by atoms with Gasteiger partial charge in [0, 0.05) is 45.4 Å². The Kier molecular flexibility index (Phi) is 7.21. The number of benzene rings is 3. The summed E-state index contributed by atoms with van der Waals surface area (Å²) in [5.74, 6) is 3.64. The Morgan fingerprint density at radius 3 is 2.00 bits per heavy atom. The van der Waals surface area contributed by atoms with Crippen LogP contribution in [0.3, 0.4) is 0 Å². The van der Waals surface area contributed by atoms with Crippen LogP contribution >= 0.6 is 0 Å². The van der Waals surface area contributed by atoms with E-state index in [1.54, 1.807) is 0 Å². The molecule has 0 saturated carbocycles. The fourth-order valence-corrected chi connectivity index (χ4v) is 4.88. The first-order valence-electron chi connectivity index (χ1n) is 12.0. The average molecular weight is 445 g/mol. The molecule has 2 aliphatic heterocycles. The fraction of sp³-hybridized carbons (Fsp3) is 0.357. The predicted octanol–water partition coefficient (Wildman–Crippen LogP) is 5.64. The summed E-state index contributed by atoms with van der Waals surface area (Å²) >= 11 is 0. The lowest BCUT2D eigenvalue weighted by atomic mass is 9.85. The highest BCUT2D eigenvalue weighted by Crippen LogP contribution is 2.41. The quantitative estimate of drug-likeness (QED) is 0.511. The first-order valence-corrected chi connectivity index (χ1v) is 12.0. The fourth-order valence-electron chi connectivity index (χ4n) is 4.88. The van der Waals surface area contributed by atoms with Crippen molar-refractivity contribution in [3.63, 3.8) is 0 Å².